The van der Waals surface area contributed by atoms with E-state index in [4.69, 9.17) is 14.2 Å². The van der Waals surface area contributed by atoms with Gasteiger partial charge in [0.2, 0.25) is 0 Å². The van der Waals surface area contributed by atoms with Crippen molar-refractivity contribution in [1.29, 1.82) is 0 Å². The normalized spacial score (nSPS) is 12.6. The van der Waals surface area contributed by atoms with E-state index in [9.17, 15) is 4.79 Å². The zero-order chi connectivity index (χ0) is 16.9. The standard InChI is InChI=1S/C19H21NO4/c1-3-20(2)19(21)15-5-4-6-16(12-15)24-13-14-7-8-17-18(11-14)23-10-9-22-17/h4-8,11-12H,3,9-10,13H2,1-2H3. The van der Waals surface area contributed by atoms with Crippen LogP contribution in [0.25, 0.3) is 0 Å². The first-order chi connectivity index (χ1) is 11.7. The second-order valence-corrected chi connectivity index (χ2v) is 5.61. The number of benzene rings is 2. The minimum Gasteiger partial charge on any atom is -0.489 e. The number of amides is 1. The molecule has 1 amide bonds. The molecule has 0 saturated carbocycles. The molecule has 2 aromatic rings. The molecule has 126 valence electrons. The fourth-order valence-electron chi connectivity index (χ4n) is 2.43. The van der Waals surface area contributed by atoms with Crippen LogP contribution in [0.2, 0.25) is 0 Å². The predicted molar refractivity (Wildman–Crippen MR) is 90.8 cm³/mol. The highest BCUT2D eigenvalue weighted by Gasteiger charge is 2.13. The van der Waals surface area contributed by atoms with Gasteiger partial charge in [0.1, 0.15) is 25.6 Å². The molecule has 0 atom stereocenters. The molecule has 0 fully saturated rings. The molecule has 3 rings (SSSR count). The number of ether oxygens (including phenoxy) is 3. The Hall–Kier alpha value is -2.69. The summed E-state index contributed by atoms with van der Waals surface area (Å²) in [6, 6.07) is 13.0. The summed E-state index contributed by atoms with van der Waals surface area (Å²) in [6.45, 7) is 4.15. The number of hydrogen-bond acceptors (Lipinski definition) is 4. The SMILES string of the molecule is CCN(C)C(=O)c1cccc(OCc2ccc3c(c2)OCCO3)c1. The molecular formula is C19H21NO4. The van der Waals surface area contributed by atoms with Crippen molar-refractivity contribution in [2.45, 2.75) is 13.5 Å². The predicted octanol–water partition coefficient (Wildman–Crippen LogP) is 3.13. The zero-order valence-electron chi connectivity index (χ0n) is 14.0. The Labute approximate surface area is 141 Å². The van der Waals surface area contributed by atoms with Gasteiger partial charge in [0.25, 0.3) is 5.91 Å². The molecule has 1 heterocycles. The van der Waals surface area contributed by atoms with Crippen molar-refractivity contribution < 1.29 is 19.0 Å². The van der Waals surface area contributed by atoms with Crippen molar-refractivity contribution >= 4 is 5.91 Å². The smallest absolute Gasteiger partial charge is 0.253 e. The van der Waals surface area contributed by atoms with Crippen molar-refractivity contribution in [2.75, 3.05) is 26.8 Å². The van der Waals surface area contributed by atoms with Gasteiger partial charge in [-0.1, -0.05) is 12.1 Å². The van der Waals surface area contributed by atoms with E-state index in [0.717, 1.165) is 17.1 Å². The molecule has 0 aliphatic carbocycles. The van der Waals surface area contributed by atoms with Crippen LogP contribution in [-0.4, -0.2) is 37.6 Å². The van der Waals surface area contributed by atoms with E-state index < -0.39 is 0 Å². The second-order valence-electron chi connectivity index (χ2n) is 5.61. The molecule has 1 aliphatic rings. The fourth-order valence-corrected chi connectivity index (χ4v) is 2.43. The van der Waals surface area contributed by atoms with Crippen molar-refractivity contribution in [1.82, 2.24) is 4.90 Å². The van der Waals surface area contributed by atoms with Crippen molar-refractivity contribution in [2.24, 2.45) is 0 Å². The molecule has 2 aromatic carbocycles. The summed E-state index contributed by atoms with van der Waals surface area (Å²) in [6.07, 6.45) is 0. The highest BCUT2D eigenvalue weighted by atomic mass is 16.6. The Kier molecular flexibility index (Phi) is 4.89. The lowest BCUT2D eigenvalue weighted by Crippen LogP contribution is -2.26. The fraction of sp³-hybridized carbons (Fsp3) is 0.316. The molecule has 0 bridgehead atoms. The molecule has 5 heteroatoms. The highest BCUT2D eigenvalue weighted by molar-refractivity contribution is 5.94. The third-order valence-electron chi connectivity index (χ3n) is 3.91. The van der Waals surface area contributed by atoms with E-state index in [1.54, 1.807) is 24.1 Å². The second kappa shape index (κ2) is 7.25. The summed E-state index contributed by atoms with van der Waals surface area (Å²) in [5.74, 6) is 2.17. The maximum atomic E-state index is 12.2. The topological polar surface area (TPSA) is 48.0 Å². The highest BCUT2D eigenvalue weighted by Crippen LogP contribution is 2.31. The summed E-state index contributed by atoms with van der Waals surface area (Å²) < 4.78 is 16.9. The lowest BCUT2D eigenvalue weighted by atomic mass is 10.2. The Morgan fingerprint density at radius 1 is 1.12 bits per heavy atom. The van der Waals surface area contributed by atoms with Crippen molar-refractivity contribution in [3.05, 3.63) is 53.6 Å². The van der Waals surface area contributed by atoms with Crippen LogP contribution in [0, 0.1) is 0 Å². The van der Waals surface area contributed by atoms with Crippen LogP contribution < -0.4 is 14.2 Å². The minimum absolute atomic E-state index is 0.0118. The largest absolute Gasteiger partial charge is 0.489 e. The van der Waals surface area contributed by atoms with E-state index in [0.29, 0.717) is 37.7 Å². The van der Waals surface area contributed by atoms with Gasteiger partial charge in [-0.25, -0.2) is 0 Å². The Morgan fingerprint density at radius 3 is 2.71 bits per heavy atom. The van der Waals surface area contributed by atoms with Crippen LogP contribution in [0.5, 0.6) is 17.2 Å². The van der Waals surface area contributed by atoms with E-state index in [1.807, 2.05) is 37.3 Å². The van der Waals surface area contributed by atoms with Crippen molar-refractivity contribution in [3.63, 3.8) is 0 Å². The number of nitrogens with zero attached hydrogens (tertiary/aromatic N) is 1. The number of rotatable bonds is 5. The maximum absolute atomic E-state index is 12.2. The maximum Gasteiger partial charge on any atom is 0.253 e. The van der Waals surface area contributed by atoms with Gasteiger partial charge in [-0.2, -0.15) is 0 Å². The Bertz CT molecular complexity index is 729. The molecule has 0 spiro atoms. The lowest BCUT2D eigenvalue weighted by molar-refractivity contribution is 0.0802. The number of hydrogen-bond donors (Lipinski definition) is 0. The first-order valence-electron chi connectivity index (χ1n) is 8.04. The van der Waals surface area contributed by atoms with Crippen LogP contribution in [-0.2, 0) is 6.61 Å². The van der Waals surface area contributed by atoms with Crippen LogP contribution >= 0.6 is 0 Å². The number of carbonyl (C=O) groups is 1. The summed E-state index contributed by atoms with van der Waals surface area (Å²) in [5, 5.41) is 0. The molecule has 1 aliphatic heterocycles. The third kappa shape index (κ3) is 3.62. The molecule has 0 radical (unpaired) electrons. The summed E-state index contributed by atoms with van der Waals surface area (Å²) in [7, 11) is 1.78. The summed E-state index contributed by atoms with van der Waals surface area (Å²) in [5.41, 5.74) is 1.61. The Morgan fingerprint density at radius 2 is 1.92 bits per heavy atom. The summed E-state index contributed by atoms with van der Waals surface area (Å²) >= 11 is 0. The lowest BCUT2D eigenvalue weighted by Gasteiger charge is -2.19. The number of fused-ring (bicyclic) bond motifs is 1. The molecule has 24 heavy (non-hydrogen) atoms. The van der Waals surface area contributed by atoms with Crippen LogP contribution in [0.3, 0.4) is 0 Å². The molecule has 0 aromatic heterocycles. The average Bonchev–Trinajstić information content (AvgIpc) is 2.65. The molecule has 0 saturated heterocycles. The third-order valence-corrected chi connectivity index (χ3v) is 3.91. The average molecular weight is 327 g/mol. The van der Waals surface area contributed by atoms with E-state index in [1.165, 1.54) is 0 Å². The molecule has 5 nitrogen and oxygen atoms in total. The van der Waals surface area contributed by atoms with Gasteiger partial charge in [-0.3, -0.25) is 4.79 Å². The van der Waals surface area contributed by atoms with Gasteiger partial charge < -0.3 is 19.1 Å². The number of carbonyl (C=O) groups excluding carboxylic acids is 1. The summed E-state index contributed by atoms with van der Waals surface area (Å²) in [4.78, 5) is 13.9. The van der Waals surface area contributed by atoms with Crippen molar-refractivity contribution in [3.8, 4) is 17.2 Å². The molecule has 0 N–H and O–H groups in total. The van der Waals surface area contributed by atoms with E-state index >= 15 is 0 Å². The van der Waals surface area contributed by atoms with E-state index in [-0.39, 0.29) is 5.91 Å². The monoisotopic (exact) mass is 327 g/mol. The molecule has 0 unspecified atom stereocenters. The first kappa shape index (κ1) is 16.2. The zero-order valence-corrected chi connectivity index (χ0v) is 14.0. The van der Waals surface area contributed by atoms with E-state index in [2.05, 4.69) is 0 Å². The van der Waals surface area contributed by atoms with Gasteiger partial charge in [-0.15, -0.1) is 0 Å². The van der Waals surface area contributed by atoms with Crippen LogP contribution in [0.4, 0.5) is 0 Å². The van der Waals surface area contributed by atoms with Crippen LogP contribution in [0.1, 0.15) is 22.8 Å². The Balaban J connectivity index is 1.67. The van der Waals surface area contributed by atoms with Gasteiger partial charge in [0.15, 0.2) is 11.5 Å². The quantitative estimate of drug-likeness (QED) is 0.846. The first-order valence-corrected chi connectivity index (χ1v) is 8.04. The van der Waals surface area contributed by atoms with Crippen LogP contribution in [0.15, 0.2) is 42.5 Å². The van der Waals surface area contributed by atoms with Gasteiger partial charge >= 0.3 is 0 Å². The van der Waals surface area contributed by atoms with Gasteiger partial charge in [-0.05, 0) is 42.8 Å². The minimum atomic E-state index is -0.0118. The molecular weight excluding hydrogens is 306 g/mol. The van der Waals surface area contributed by atoms with Gasteiger partial charge in [0.05, 0.1) is 0 Å². The van der Waals surface area contributed by atoms with Gasteiger partial charge in [0, 0.05) is 19.2 Å².